The first-order valence-electron chi connectivity index (χ1n) is 7.88. The van der Waals surface area contributed by atoms with Crippen molar-refractivity contribution in [3.8, 4) is 5.75 Å². The number of aromatic nitrogens is 2. The number of carbonyl (C=O) groups is 2. The first kappa shape index (κ1) is 17.3. The second-order valence-corrected chi connectivity index (χ2v) is 5.66. The Morgan fingerprint density at radius 1 is 1.19 bits per heavy atom. The van der Waals surface area contributed by atoms with Gasteiger partial charge in [-0.05, 0) is 42.8 Å². The molecule has 0 atom stereocenters. The zero-order valence-electron chi connectivity index (χ0n) is 14.0. The van der Waals surface area contributed by atoms with E-state index in [1.807, 2.05) is 13.0 Å². The number of aryl methyl sites for hydroxylation is 1. The van der Waals surface area contributed by atoms with E-state index in [0.717, 1.165) is 11.8 Å². The molecule has 0 saturated heterocycles. The average molecular weight is 352 g/mol. The van der Waals surface area contributed by atoms with Crippen molar-refractivity contribution in [3.63, 3.8) is 0 Å². The van der Waals surface area contributed by atoms with Gasteiger partial charge in [0.05, 0.1) is 5.69 Å². The monoisotopic (exact) mass is 352 g/mol. The van der Waals surface area contributed by atoms with Crippen molar-refractivity contribution in [2.75, 3.05) is 6.61 Å². The van der Waals surface area contributed by atoms with Crippen molar-refractivity contribution < 1.29 is 19.1 Å². The Kier molecular flexibility index (Phi) is 5.07. The lowest BCUT2D eigenvalue weighted by Crippen LogP contribution is -2.18. The third kappa shape index (κ3) is 4.13. The molecule has 3 rings (SSSR count). The van der Waals surface area contributed by atoms with Crippen LogP contribution in [0.25, 0.3) is 5.65 Å². The van der Waals surface area contributed by atoms with Gasteiger partial charge < -0.3 is 9.47 Å². The van der Waals surface area contributed by atoms with Gasteiger partial charge in [-0.15, -0.1) is 0 Å². The van der Waals surface area contributed by atoms with Crippen LogP contribution >= 0.6 is 0 Å². The van der Waals surface area contributed by atoms with E-state index in [1.54, 1.807) is 36.5 Å². The van der Waals surface area contributed by atoms with Crippen LogP contribution in [-0.4, -0.2) is 28.2 Å². The summed E-state index contributed by atoms with van der Waals surface area (Å²) >= 11 is 0. The summed E-state index contributed by atoms with van der Waals surface area (Å²) < 4.78 is 11.8. The topological polar surface area (TPSA) is 87.0 Å². The number of rotatable bonds is 6. The molecule has 1 aromatic carbocycles. The minimum atomic E-state index is -0.588. The van der Waals surface area contributed by atoms with Gasteiger partial charge in [0.1, 0.15) is 24.3 Å². The molecule has 132 valence electrons. The summed E-state index contributed by atoms with van der Waals surface area (Å²) in [6, 6.07) is 11.3. The Balaban J connectivity index is 1.58. The van der Waals surface area contributed by atoms with Crippen molar-refractivity contribution in [3.05, 3.63) is 75.8 Å². The van der Waals surface area contributed by atoms with Crippen LogP contribution in [0, 0.1) is 6.92 Å². The predicted octanol–water partition coefficient (Wildman–Crippen LogP) is 1.94. The molecule has 0 aliphatic rings. The van der Waals surface area contributed by atoms with E-state index in [-0.39, 0.29) is 18.8 Å². The molecule has 0 unspecified atom stereocenters. The Morgan fingerprint density at radius 3 is 2.69 bits per heavy atom. The van der Waals surface area contributed by atoms with Crippen LogP contribution in [0.15, 0.2) is 53.5 Å². The number of esters is 1. The summed E-state index contributed by atoms with van der Waals surface area (Å²) in [6.07, 6.45) is 2.42. The van der Waals surface area contributed by atoms with Crippen molar-refractivity contribution >= 4 is 17.9 Å². The van der Waals surface area contributed by atoms with Gasteiger partial charge in [-0.2, -0.15) is 0 Å². The van der Waals surface area contributed by atoms with Crippen molar-refractivity contribution in [2.24, 2.45) is 0 Å². The van der Waals surface area contributed by atoms with Gasteiger partial charge in [-0.25, -0.2) is 9.78 Å². The maximum Gasteiger partial charge on any atom is 0.344 e. The fraction of sp³-hybridized carbons (Fsp3) is 0.158. The van der Waals surface area contributed by atoms with Crippen LogP contribution in [0.1, 0.15) is 21.6 Å². The lowest BCUT2D eigenvalue weighted by Gasteiger charge is -2.08. The number of aldehydes is 1. The standard InChI is InChI=1S/C19H16N2O5/c1-13-2-7-17-20-15(8-18(23)21(17)9-13)11-26-19(24)12-25-16-5-3-14(10-22)4-6-16/h2-10H,11-12H2,1H3. The molecule has 0 amide bonds. The maximum absolute atomic E-state index is 12.1. The molecule has 0 radical (unpaired) electrons. The van der Waals surface area contributed by atoms with Crippen molar-refractivity contribution in [1.82, 2.24) is 9.38 Å². The van der Waals surface area contributed by atoms with Gasteiger partial charge in [-0.1, -0.05) is 6.07 Å². The van der Waals surface area contributed by atoms with Gasteiger partial charge in [0.15, 0.2) is 6.61 Å². The third-order valence-electron chi connectivity index (χ3n) is 3.61. The summed E-state index contributed by atoms with van der Waals surface area (Å²) in [6.45, 7) is 1.48. The molecular formula is C19H16N2O5. The van der Waals surface area contributed by atoms with Crippen LogP contribution < -0.4 is 10.3 Å². The predicted molar refractivity (Wildman–Crippen MR) is 93.3 cm³/mol. The third-order valence-corrected chi connectivity index (χ3v) is 3.61. The molecule has 26 heavy (non-hydrogen) atoms. The molecule has 7 heteroatoms. The zero-order chi connectivity index (χ0) is 18.5. The maximum atomic E-state index is 12.1. The van der Waals surface area contributed by atoms with E-state index in [4.69, 9.17) is 9.47 Å². The molecular weight excluding hydrogens is 336 g/mol. The van der Waals surface area contributed by atoms with E-state index in [9.17, 15) is 14.4 Å². The highest BCUT2D eigenvalue weighted by Crippen LogP contribution is 2.11. The first-order chi connectivity index (χ1) is 12.5. The largest absolute Gasteiger partial charge is 0.482 e. The van der Waals surface area contributed by atoms with E-state index in [2.05, 4.69) is 4.98 Å². The average Bonchev–Trinajstić information content (AvgIpc) is 2.65. The number of nitrogens with zero attached hydrogens (tertiary/aromatic N) is 2. The fourth-order valence-electron chi connectivity index (χ4n) is 2.31. The molecule has 0 fully saturated rings. The Bertz CT molecular complexity index is 1010. The van der Waals surface area contributed by atoms with Gasteiger partial charge in [-0.3, -0.25) is 14.0 Å². The minimum Gasteiger partial charge on any atom is -0.482 e. The van der Waals surface area contributed by atoms with Gasteiger partial charge in [0, 0.05) is 17.8 Å². The summed E-state index contributed by atoms with van der Waals surface area (Å²) in [5.41, 5.74) is 2.07. The lowest BCUT2D eigenvalue weighted by molar-refractivity contribution is -0.147. The van der Waals surface area contributed by atoms with Crippen LogP contribution in [0.5, 0.6) is 5.75 Å². The van der Waals surface area contributed by atoms with Gasteiger partial charge >= 0.3 is 5.97 Å². The van der Waals surface area contributed by atoms with Gasteiger partial charge in [0.2, 0.25) is 0 Å². The molecule has 2 aromatic heterocycles. The highest BCUT2D eigenvalue weighted by molar-refractivity contribution is 5.75. The molecule has 2 heterocycles. The highest BCUT2D eigenvalue weighted by Gasteiger charge is 2.08. The fourth-order valence-corrected chi connectivity index (χ4v) is 2.31. The molecule has 0 aliphatic carbocycles. The van der Waals surface area contributed by atoms with Crippen LogP contribution in [0.3, 0.4) is 0 Å². The van der Waals surface area contributed by atoms with Crippen molar-refractivity contribution in [2.45, 2.75) is 13.5 Å². The Morgan fingerprint density at radius 2 is 1.96 bits per heavy atom. The number of fused-ring (bicyclic) bond motifs is 1. The second kappa shape index (κ2) is 7.60. The molecule has 0 saturated carbocycles. The van der Waals surface area contributed by atoms with E-state index in [0.29, 0.717) is 22.7 Å². The number of hydrogen-bond donors (Lipinski definition) is 0. The van der Waals surface area contributed by atoms with Gasteiger partial charge in [0.25, 0.3) is 5.56 Å². The number of ether oxygens (including phenoxy) is 2. The van der Waals surface area contributed by atoms with Crippen molar-refractivity contribution in [1.29, 1.82) is 0 Å². The first-order valence-corrected chi connectivity index (χ1v) is 7.88. The van der Waals surface area contributed by atoms with Crippen LogP contribution in [-0.2, 0) is 16.1 Å². The van der Waals surface area contributed by atoms with E-state index in [1.165, 1.54) is 10.5 Å². The molecule has 0 aliphatic heterocycles. The van der Waals surface area contributed by atoms with Crippen LogP contribution in [0.4, 0.5) is 0 Å². The number of pyridine rings is 1. The normalized spacial score (nSPS) is 10.5. The molecule has 0 N–H and O–H groups in total. The molecule has 7 nitrogen and oxygen atoms in total. The lowest BCUT2D eigenvalue weighted by atomic mass is 10.2. The highest BCUT2D eigenvalue weighted by atomic mass is 16.6. The summed E-state index contributed by atoms with van der Waals surface area (Å²) in [5.74, 6) is -0.139. The number of benzene rings is 1. The number of hydrogen-bond acceptors (Lipinski definition) is 6. The number of carbonyl (C=O) groups excluding carboxylic acids is 2. The second-order valence-electron chi connectivity index (χ2n) is 5.66. The minimum absolute atomic E-state index is 0.119. The molecule has 0 spiro atoms. The summed E-state index contributed by atoms with van der Waals surface area (Å²) in [5, 5.41) is 0. The van der Waals surface area contributed by atoms with Crippen LogP contribution in [0.2, 0.25) is 0 Å². The SMILES string of the molecule is Cc1ccc2nc(COC(=O)COc3ccc(C=O)cc3)cc(=O)n2c1. The molecule has 3 aromatic rings. The Hall–Kier alpha value is -3.48. The van der Waals surface area contributed by atoms with E-state index < -0.39 is 5.97 Å². The smallest absolute Gasteiger partial charge is 0.344 e. The summed E-state index contributed by atoms with van der Waals surface area (Å²) in [4.78, 5) is 38.8. The quantitative estimate of drug-likeness (QED) is 0.498. The van der Waals surface area contributed by atoms with E-state index >= 15 is 0 Å². The zero-order valence-corrected chi connectivity index (χ0v) is 14.0. The Labute approximate surface area is 148 Å². The molecule has 0 bridgehead atoms. The summed E-state index contributed by atoms with van der Waals surface area (Å²) in [7, 11) is 0.